The maximum absolute atomic E-state index is 12.0. The minimum absolute atomic E-state index is 0.176. The Balaban J connectivity index is 1.54. The van der Waals surface area contributed by atoms with Crippen LogP contribution in [0.4, 0.5) is 0 Å². The van der Waals surface area contributed by atoms with Crippen molar-refractivity contribution in [3.8, 4) is 0 Å². The van der Waals surface area contributed by atoms with E-state index in [9.17, 15) is 4.79 Å². The van der Waals surface area contributed by atoms with Gasteiger partial charge in [-0.3, -0.25) is 9.78 Å². The summed E-state index contributed by atoms with van der Waals surface area (Å²) in [4.78, 5) is 16.0. The third-order valence-electron chi connectivity index (χ3n) is 3.85. The highest BCUT2D eigenvalue weighted by atomic mass is 16.1. The van der Waals surface area contributed by atoms with E-state index >= 15 is 0 Å². The van der Waals surface area contributed by atoms with Gasteiger partial charge in [0, 0.05) is 31.0 Å². The molecule has 4 nitrogen and oxygen atoms in total. The number of carbonyl (C=O) groups is 1. The van der Waals surface area contributed by atoms with E-state index < -0.39 is 0 Å². The van der Waals surface area contributed by atoms with Gasteiger partial charge in [-0.25, -0.2) is 0 Å². The summed E-state index contributed by atoms with van der Waals surface area (Å²) in [6, 6.07) is 4.85. The monoisotopic (exact) mass is 231 g/mol. The molecule has 1 aromatic rings. The number of hydrogen-bond acceptors (Lipinski definition) is 3. The standard InChI is InChI=1S/C13H17N3O/c17-13(11-7-10-1-2-12(11)16-10)15-8-9-3-5-14-6-4-9/h3-6,10-12,16H,1-2,7-8H2,(H,15,17). The molecule has 0 aromatic carbocycles. The molecule has 4 heteroatoms. The molecule has 1 amide bonds. The van der Waals surface area contributed by atoms with Crippen molar-refractivity contribution in [2.45, 2.75) is 37.9 Å². The Hall–Kier alpha value is -1.42. The second-order valence-electron chi connectivity index (χ2n) is 4.96. The molecule has 0 saturated carbocycles. The first-order valence-corrected chi connectivity index (χ1v) is 6.25. The molecule has 2 saturated heterocycles. The van der Waals surface area contributed by atoms with Crippen molar-refractivity contribution < 1.29 is 4.79 Å². The molecule has 2 bridgehead atoms. The van der Waals surface area contributed by atoms with Crippen LogP contribution in [0.15, 0.2) is 24.5 Å². The van der Waals surface area contributed by atoms with Crippen LogP contribution in [0.25, 0.3) is 0 Å². The molecule has 2 fully saturated rings. The summed E-state index contributed by atoms with van der Waals surface area (Å²) in [6.07, 6.45) is 6.89. The highest BCUT2D eigenvalue weighted by Gasteiger charge is 2.42. The number of nitrogens with one attached hydrogen (secondary N) is 2. The van der Waals surface area contributed by atoms with E-state index in [0.717, 1.165) is 18.4 Å². The summed E-state index contributed by atoms with van der Waals surface area (Å²) in [5.74, 6) is 0.372. The van der Waals surface area contributed by atoms with Crippen molar-refractivity contribution in [2.75, 3.05) is 0 Å². The van der Waals surface area contributed by atoms with E-state index in [4.69, 9.17) is 0 Å². The van der Waals surface area contributed by atoms with E-state index in [2.05, 4.69) is 15.6 Å². The maximum atomic E-state index is 12.0. The van der Waals surface area contributed by atoms with Gasteiger partial charge in [0.05, 0.1) is 5.92 Å². The first-order chi connectivity index (χ1) is 8.33. The molecule has 0 aliphatic carbocycles. The van der Waals surface area contributed by atoms with Crippen LogP contribution in [0.1, 0.15) is 24.8 Å². The predicted molar refractivity (Wildman–Crippen MR) is 64.1 cm³/mol. The van der Waals surface area contributed by atoms with Crippen LogP contribution in [-0.2, 0) is 11.3 Å². The van der Waals surface area contributed by atoms with Crippen LogP contribution in [0.5, 0.6) is 0 Å². The highest BCUT2D eigenvalue weighted by Crippen LogP contribution is 2.33. The summed E-state index contributed by atoms with van der Waals surface area (Å²) in [7, 11) is 0. The van der Waals surface area contributed by atoms with Crippen LogP contribution < -0.4 is 10.6 Å². The lowest BCUT2D eigenvalue weighted by Crippen LogP contribution is -2.37. The predicted octanol–water partition coefficient (Wildman–Crippen LogP) is 0.838. The third-order valence-corrected chi connectivity index (χ3v) is 3.85. The molecule has 2 N–H and O–H groups in total. The fraction of sp³-hybridized carbons (Fsp3) is 0.538. The lowest BCUT2D eigenvalue weighted by atomic mass is 9.88. The number of amides is 1. The zero-order chi connectivity index (χ0) is 11.7. The molecule has 3 heterocycles. The smallest absolute Gasteiger partial charge is 0.225 e. The van der Waals surface area contributed by atoms with Crippen LogP contribution >= 0.6 is 0 Å². The molecule has 0 radical (unpaired) electrons. The van der Waals surface area contributed by atoms with Crippen LogP contribution in [0.2, 0.25) is 0 Å². The molecule has 2 aliphatic rings. The SMILES string of the molecule is O=C(NCc1ccncc1)C1CC2CCC1N2. The van der Waals surface area contributed by atoms with E-state index in [0.29, 0.717) is 18.6 Å². The Kier molecular flexibility index (Phi) is 2.81. The average molecular weight is 231 g/mol. The lowest BCUT2D eigenvalue weighted by Gasteiger charge is -2.19. The van der Waals surface area contributed by atoms with Crippen molar-refractivity contribution in [1.29, 1.82) is 0 Å². The largest absolute Gasteiger partial charge is 0.352 e. The third kappa shape index (κ3) is 2.17. The molecule has 17 heavy (non-hydrogen) atoms. The van der Waals surface area contributed by atoms with Gasteiger partial charge in [0.1, 0.15) is 0 Å². The maximum Gasteiger partial charge on any atom is 0.225 e. The summed E-state index contributed by atoms with van der Waals surface area (Å²) in [5, 5.41) is 6.51. The molecule has 2 aliphatic heterocycles. The van der Waals surface area contributed by atoms with Crippen molar-refractivity contribution in [3.63, 3.8) is 0 Å². The van der Waals surface area contributed by atoms with Gasteiger partial charge in [-0.05, 0) is 37.0 Å². The number of fused-ring (bicyclic) bond motifs is 2. The number of pyridine rings is 1. The van der Waals surface area contributed by atoms with Crippen molar-refractivity contribution in [1.82, 2.24) is 15.6 Å². The normalized spacial score (nSPS) is 30.5. The Labute approximate surface area is 101 Å². The van der Waals surface area contributed by atoms with Crippen molar-refractivity contribution in [3.05, 3.63) is 30.1 Å². The van der Waals surface area contributed by atoms with Gasteiger partial charge in [0.25, 0.3) is 0 Å². The van der Waals surface area contributed by atoms with Crippen LogP contribution in [0.3, 0.4) is 0 Å². The molecule has 0 spiro atoms. The van der Waals surface area contributed by atoms with Crippen molar-refractivity contribution in [2.24, 2.45) is 5.92 Å². The zero-order valence-electron chi connectivity index (χ0n) is 9.73. The highest BCUT2D eigenvalue weighted by molar-refractivity contribution is 5.80. The van der Waals surface area contributed by atoms with Crippen molar-refractivity contribution >= 4 is 5.91 Å². The lowest BCUT2D eigenvalue weighted by molar-refractivity contribution is -0.125. The topological polar surface area (TPSA) is 54.0 Å². The zero-order valence-corrected chi connectivity index (χ0v) is 9.73. The van der Waals surface area contributed by atoms with Gasteiger partial charge in [-0.2, -0.15) is 0 Å². The van der Waals surface area contributed by atoms with Crippen LogP contribution in [-0.4, -0.2) is 23.0 Å². The molecule has 1 aromatic heterocycles. The van der Waals surface area contributed by atoms with Gasteiger partial charge in [-0.15, -0.1) is 0 Å². The summed E-state index contributed by atoms with van der Waals surface area (Å²) >= 11 is 0. The summed E-state index contributed by atoms with van der Waals surface area (Å²) < 4.78 is 0. The molecular formula is C13H17N3O. The first kappa shape index (κ1) is 10.7. The number of hydrogen-bond donors (Lipinski definition) is 2. The fourth-order valence-corrected chi connectivity index (χ4v) is 2.93. The van der Waals surface area contributed by atoms with Gasteiger partial charge >= 0.3 is 0 Å². The van der Waals surface area contributed by atoms with Gasteiger partial charge in [0.15, 0.2) is 0 Å². The number of carbonyl (C=O) groups excluding carboxylic acids is 1. The Bertz CT molecular complexity index is 406. The van der Waals surface area contributed by atoms with E-state index in [1.165, 1.54) is 6.42 Å². The Morgan fingerprint density at radius 2 is 2.24 bits per heavy atom. The van der Waals surface area contributed by atoms with Gasteiger partial charge < -0.3 is 10.6 Å². The molecule has 3 atom stereocenters. The minimum Gasteiger partial charge on any atom is -0.352 e. The minimum atomic E-state index is 0.176. The quantitative estimate of drug-likeness (QED) is 0.810. The molecule has 3 rings (SSSR count). The summed E-state index contributed by atoms with van der Waals surface area (Å²) in [6.45, 7) is 0.606. The second kappa shape index (κ2) is 4.45. The average Bonchev–Trinajstić information content (AvgIpc) is 2.99. The number of nitrogens with zero attached hydrogens (tertiary/aromatic N) is 1. The fourth-order valence-electron chi connectivity index (χ4n) is 2.93. The summed E-state index contributed by atoms with van der Waals surface area (Å²) in [5.41, 5.74) is 1.10. The Morgan fingerprint density at radius 3 is 2.88 bits per heavy atom. The Morgan fingerprint density at radius 1 is 1.41 bits per heavy atom. The first-order valence-electron chi connectivity index (χ1n) is 6.25. The van der Waals surface area contributed by atoms with Gasteiger partial charge in [0.2, 0.25) is 5.91 Å². The molecule has 3 unspecified atom stereocenters. The second-order valence-corrected chi connectivity index (χ2v) is 4.96. The van der Waals surface area contributed by atoms with E-state index in [1.54, 1.807) is 12.4 Å². The molecule has 90 valence electrons. The van der Waals surface area contributed by atoms with E-state index in [1.807, 2.05) is 12.1 Å². The van der Waals surface area contributed by atoms with E-state index in [-0.39, 0.29) is 11.8 Å². The van der Waals surface area contributed by atoms with Gasteiger partial charge in [-0.1, -0.05) is 0 Å². The molecular weight excluding hydrogens is 214 g/mol. The number of aromatic nitrogens is 1. The number of rotatable bonds is 3. The van der Waals surface area contributed by atoms with Crippen LogP contribution in [0, 0.1) is 5.92 Å².